The second-order valence-corrected chi connectivity index (χ2v) is 8.20. The van der Waals surface area contributed by atoms with Gasteiger partial charge in [0, 0.05) is 19.8 Å². The minimum Gasteiger partial charge on any atom is -0.390 e. The second-order valence-electron chi connectivity index (χ2n) is 6.75. The van der Waals surface area contributed by atoms with Crippen molar-refractivity contribution in [1.82, 2.24) is 10.2 Å². The highest BCUT2D eigenvalue weighted by Crippen LogP contribution is 2.44. The first-order chi connectivity index (χ1) is 13.1. The van der Waals surface area contributed by atoms with Crippen LogP contribution in [0.15, 0.2) is 0 Å². The third kappa shape index (κ3) is 6.57. The van der Waals surface area contributed by atoms with Crippen molar-refractivity contribution in [2.45, 2.75) is 57.2 Å². The summed E-state index contributed by atoms with van der Waals surface area (Å²) in [5, 5.41) is 17.4. The zero-order chi connectivity index (χ0) is 20.9. The molecule has 0 aliphatic carbocycles. The average molecular weight is 426 g/mol. The summed E-state index contributed by atoms with van der Waals surface area (Å²) in [5.74, 6) is -1.03. The maximum absolute atomic E-state index is 13.5. The van der Waals surface area contributed by atoms with Crippen molar-refractivity contribution in [1.29, 1.82) is 0 Å². The van der Waals surface area contributed by atoms with Gasteiger partial charge in [0.05, 0.1) is 25.9 Å². The number of phosphoric ester groups is 1. The van der Waals surface area contributed by atoms with Crippen LogP contribution >= 0.6 is 7.82 Å². The van der Waals surface area contributed by atoms with Gasteiger partial charge >= 0.3 is 13.9 Å². The number of urea groups is 1. The summed E-state index contributed by atoms with van der Waals surface area (Å²) in [7, 11) is -4.34. The smallest absolute Gasteiger partial charge is 0.390 e. The quantitative estimate of drug-likeness (QED) is 0.194. The highest BCUT2D eigenvalue weighted by Gasteiger charge is 2.44. The Balaban J connectivity index is 1.77. The summed E-state index contributed by atoms with van der Waals surface area (Å²) < 4.78 is 40.5. The molecule has 0 spiro atoms. The number of nitrogens with zero attached hydrogens (tertiary/aromatic N) is 1. The number of ether oxygens (including phenoxy) is 1. The van der Waals surface area contributed by atoms with Gasteiger partial charge in [0.1, 0.15) is 18.0 Å². The third-order valence-corrected chi connectivity index (χ3v) is 5.29. The molecule has 0 aromatic carbocycles. The maximum Gasteiger partial charge on any atom is 0.472 e. The molecule has 2 rings (SSSR count). The van der Waals surface area contributed by atoms with Crippen molar-refractivity contribution >= 4 is 25.5 Å². The lowest BCUT2D eigenvalue weighted by molar-refractivity contribution is -0.130. The molecule has 3 amide bonds. The Bertz CT molecular complexity index is 651. The number of carbonyl (C=O) groups excluding carboxylic acids is 2. The largest absolute Gasteiger partial charge is 0.472 e. The minimum atomic E-state index is -4.34. The molecule has 5 unspecified atom stereocenters. The number of phosphoric acid groups is 1. The lowest BCUT2D eigenvalue weighted by Gasteiger charge is -2.32. The Morgan fingerprint density at radius 3 is 2.82 bits per heavy atom. The zero-order valence-electron chi connectivity index (χ0n) is 15.5. The van der Waals surface area contributed by atoms with Crippen molar-refractivity contribution in [2.75, 3.05) is 19.8 Å². The van der Waals surface area contributed by atoms with Crippen LogP contribution in [0.25, 0.3) is 0 Å². The molecule has 0 radical (unpaired) electrons. The summed E-state index contributed by atoms with van der Waals surface area (Å²) in [6.45, 7) is 0.809. The number of nitrogens with two attached hydrogens (primary N) is 1. The fourth-order valence-corrected chi connectivity index (χ4v) is 3.56. The van der Waals surface area contributed by atoms with Gasteiger partial charge in [-0.1, -0.05) is 0 Å². The first-order valence-electron chi connectivity index (χ1n) is 8.88. The van der Waals surface area contributed by atoms with Gasteiger partial charge in [-0.05, 0) is 12.8 Å². The van der Waals surface area contributed by atoms with Gasteiger partial charge in [-0.15, -0.1) is 0 Å². The van der Waals surface area contributed by atoms with Gasteiger partial charge in [0.2, 0.25) is 0 Å². The van der Waals surface area contributed by atoms with Crippen LogP contribution in [0, 0.1) is 0 Å². The molecule has 2 aliphatic rings. The Labute approximate surface area is 161 Å². The molecule has 5 N–H and O–H groups in total. The number of halogens is 1. The van der Waals surface area contributed by atoms with Gasteiger partial charge in [-0.2, -0.15) is 0 Å². The molecule has 160 valence electrons. The number of aliphatic hydroxyl groups is 1. The van der Waals surface area contributed by atoms with Gasteiger partial charge in [-0.25, -0.2) is 13.8 Å². The number of aliphatic hydroxyl groups excluding tert-OH is 1. The van der Waals surface area contributed by atoms with Crippen molar-refractivity contribution in [3.05, 3.63) is 0 Å². The number of nitrogens with one attached hydrogen (secondary N) is 1. The predicted molar refractivity (Wildman–Crippen MR) is 92.6 cm³/mol. The molecule has 2 heterocycles. The Hall–Kier alpha value is -1.43. The first kappa shape index (κ1) is 22.9. The molecule has 0 aromatic heterocycles. The molecular weight excluding hydrogens is 400 g/mol. The average Bonchev–Trinajstić information content (AvgIpc) is 2.96. The number of unbranched alkanes of at least 4 members (excludes halogenated alkanes) is 1. The molecule has 0 saturated carbocycles. The molecule has 0 aromatic rings. The van der Waals surface area contributed by atoms with E-state index in [1.165, 1.54) is 0 Å². The van der Waals surface area contributed by atoms with E-state index in [0.717, 1.165) is 10.6 Å². The number of hydrogen-bond donors (Lipinski definition) is 4. The zero-order valence-corrected chi connectivity index (χ0v) is 16.3. The van der Waals surface area contributed by atoms with Crippen LogP contribution in [0.4, 0.5) is 9.18 Å². The van der Waals surface area contributed by atoms with Crippen LogP contribution in [0.1, 0.15) is 32.6 Å². The number of hydrogen-bond acceptors (Lipinski definition) is 7. The fourth-order valence-electron chi connectivity index (χ4n) is 2.79. The first-order valence-corrected chi connectivity index (χ1v) is 10.4. The lowest BCUT2D eigenvalue weighted by atomic mass is 10.1. The van der Waals surface area contributed by atoms with Crippen molar-refractivity contribution in [2.24, 2.45) is 0 Å². The van der Waals surface area contributed by atoms with Crippen LogP contribution in [-0.4, -0.2) is 76.9 Å². The highest BCUT2D eigenvalue weighted by atomic mass is 31.2. The summed E-state index contributed by atoms with van der Waals surface area (Å²) in [4.78, 5) is 33.6. The summed E-state index contributed by atoms with van der Waals surface area (Å²) >= 11 is 0. The van der Waals surface area contributed by atoms with E-state index in [2.05, 4.69) is 0 Å². The van der Waals surface area contributed by atoms with E-state index in [1.807, 2.05) is 5.32 Å². The SMILES string of the molecule is CC(=[NH2+])CCCCOP(=O)(O)OCC1OC(N2CC(F)C(=O)NC2=O)CC1O. The van der Waals surface area contributed by atoms with E-state index in [9.17, 15) is 28.5 Å². The number of rotatable bonds is 10. The molecule has 28 heavy (non-hydrogen) atoms. The van der Waals surface area contributed by atoms with E-state index < -0.39 is 57.5 Å². The molecule has 2 saturated heterocycles. The van der Waals surface area contributed by atoms with Crippen LogP contribution in [0.2, 0.25) is 0 Å². The normalized spacial score (nSPS) is 30.2. The minimum absolute atomic E-state index is 0.00235. The van der Waals surface area contributed by atoms with Crippen LogP contribution in [-0.2, 0) is 23.1 Å². The fraction of sp³-hybridized carbons (Fsp3) is 0.800. The Kier molecular flexibility index (Phi) is 8.05. The molecule has 2 fully saturated rings. The summed E-state index contributed by atoms with van der Waals surface area (Å²) in [5.41, 5.74) is 0.760. The van der Waals surface area contributed by atoms with Crippen LogP contribution in [0.5, 0.6) is 0 Å². The molecule has 2 aliphatic heterocycles. The molecule has 5 atom stereocenters. The van der Waals surface area contributed by atoms with Gasteiger partial charge in [0.25, 0.3) is 5.91 Å². The second kappa shape index (κ2) is 9.86. The third-order valence-electron chi connectivity index (χ3n) is 4.31. The molecule has 0 bridgehead atoms. The topological polar surface area (TPSA) is 160 Å². The van der Waals surface area contributed by atoms with Gasteiger partial charge in [0.15, 0.2) is 6.17 Å². The van der Waals surface area contributed by atoms with E-state index >= 15 is 0 Å². The van der Waals surface area contributed by atoms with Crippen molar-refractivity contribution < 1.29 is 47.7 Å². The predicted octanol–water partition coefficient (Wildman–Crippen LogP) is -1.12. The Morgan fingerprint density at radius 1 is 1.43 bits per heavy atom. The summed E-state index contributed by atoms with van der Waals surface area (Å²) in [6, 6.07) is -0.834. The monoisotopic (exact) mass is 426 g/mol. The van der Waals surface area contributed by atoms with Gasteiger partial charge < -0.3 is 14.7 Å². The van der Waals surface area contributed by atoms with Crippen LogP contribution < -0.4 is 10.7 Å². The number of carbonyl (C=O) groups is 2. The number of alkyl halides is 1. The maximum atomic E-state index is 13.5. The van der Waals surface area contributed by atoms with Crippen molar-refractivity contribution in [3.8, 4) is 0 Å². The number of amides is 3. The molecule has 11 nitrogen and oxygen atoms in total. The summed E-state index contributed by atoms with van der Waals surface area (Å²) in [6.07, 6.45) is -3.20. The Morgan fingerprint density at radius 2 is 2.14 bits per heavy atom. The van der Waals surface area contributed by atoms with Crippen LogP contribution in [0.3, 0.4) is 0 Å². The highest BCUT2D eigenvalue weighted by molar-refractivity contribution is 7.47. The lowest BCUT2D eigenvalue weighted by Crippen LogP contribution is -2.58. The number of imide groups is 1. The molecular formula is C15H26FN3O8P+. The van der Waals surface area contributed by atoms with E-state index in [1.54, 1.807) is 6.92 Å². The van der Waals surface area contributed by atoms with E-state index in [4.69, 9.17) is 19.2 Å². The van der Waals surface area contributed by atoms with Gasteiger partial charge in [-0.3, -0.25) is 29.5 Å². The standard InChI is InChI=1S/C15H25FN3O8P/c1-9(17)4-2-3-5-25-28(23,24)26-8-12-11(20)6-13(27-12)19-7-10(16)14(21)18-15(19)22/h10-13,17,20H,2-8H2,1H3,(H,23,24)(H,18,21,22)/p+1. The molecule has 13 heteroatoms. The van der Waals surface area contributed by atoms with Crippen molar-refractivity contribution in [3.63, 3.8) is 0 Å². The van der Waals surface area contributed by atoms with E-state index in [0.29, 0.717) is 19.3 Å². The van der Waals surface area contributed by atoms with E-state index in [-0.39, 0.29) is 13.0 Å².